The molecule has 0 bridgehead atoms. The van der Waals surface area contributed by atoms with Crippen molar-refractivity contribution >= 4 is 5.97 Å². The molecule has 0 amide bonds. The van der Waals surface area contributed by atoms with Gasteiger partial charge in [0.2, 0.25) is 0 Å². The molecule has 1 N–H and O–H groups in total. The molecule has 0 aromatic heterocycles. The van der Waals surface area contributed by atoms with E-state index in [0.29, 0.717) is 24.5 Å². The van der Waals surface area contributed by atoms with Crippen molar-refractivity contribution in [1.82, 2.24) is 0 Å². The minimum absolute atomic E-state index is 0.277. The smallest absolute Gasteiger partial charge is 0.336 e. The average Bonchev–Trinajstić information content (AvgIpc) is 2.35. The van der Waals surface area contributed by atoms with Gasteiger partial charge in [-0.3, -0.25) is 0 Å². The summed E-state index contributed by atoms with van der Waals surface area (Å²) in [6, 6.07) is 5.03. The van der Waals surface area contributed by atoms with Crippen LogP contribution in [0.1, 0.15) is 35.7 Å². The number of ether oxygens (including phenoxy) is 2. The van der Waals surface area contributed by atoms with E-state index in [9.17, 15) is 4.79 Å². The molecule has 18 heavy (non-hydrogen) atoms. The highest BCUT2D eigenvalue weighted by Crippen LogP contribution is 2.21. The SMILES string of the molecule is CCCCOCCOc1cccc(C(=O)O)c1C. The minimum atomic E-state index is -0.933. The molecular formula is C14H20O4. The number of hydrogen-bond acceptors (Lipinski definition) is 3. The van der Waals surface area contributed by atoms with E-state index >= 15 is 0 Å². The average molecular weight is 252 g/mol. The van der Waals surface area contributed by atoms with Crippen molar-refractivity contribution in [2.45, 2.75) is 26.7 Å². The number of benzene rings is 1. The zero-order valence-corrected chi connectivity index (χ0v) is 10.9. The zero-order valence-electron chi connectivity index (χ0n) is 10.9. The normalized spacial score (nSPS) is 10.3. The molecule has 0 heterocycles. The fourth-order valence-corrected chi connectivity index (χ4v) is 1.56. The number of carboxylic acid groups (broad SMARTS) is 1. The first-order chi connectivity index (χ1) is 8.66. The molecule has 0 saturated heterocycles. The molecule has 0 saturated carbocycles. The summed E-state index contributed by atoms with van der Waals surface area (Å²) in [4.78, 5) is 10.9. The summed E-state index contributed by atoms with van der Waals surface area (Å²) in [6.07, 6.45) is 2.16. The number of aromatic carboxylic acids is 1. The van der Waals surface area contributed by atoms with Crippen LogP contribution in [-0.4, -0.2) is 30.9 Å². The Bertz CT molecular complexity index is 387. The van der Waals surface area contributed by atoms with Gasteiger partial charge in [-0.05, 0) is 25.5 Å². The first kappa shape index (κ1) is 14.5. The van der Waals surface area contributed by atoms with E-state index in [1.54, 1.807) is 25.1 Å². The van der Waals surface area contributed by atoms with Gasteiger partial charge in [0.25, 0.3) is 0 Å². The molecule has 0 fully saturated rings. The zero-order chi connectivity index (χ0) is 13.4. The second kappa shape index (κ2) is 7.71. The molecule has 0 atom stereocenters. The van der Waals surface area contributed by atoms with Crippen LogP contribution >= 0.6 is 0 Å². The van der Waals surface area contributed by atoms with Crippen molar-refractivity contribution in [2.24, 2.45) is 0 Å². The third-order valence-electron chi connectivity index (χ3n) is 2.64. The Hall–Kier alpha value is -1.55. The Morgan fingerprint density at radius 3 is 2.72 bits per heavy atom. The maximum absolute atomic E-state index is 10.9. The lowest BCUT2D eigenvalue weighted by atomic mass is 10.1. The molecular weight excluding hydrogens is 232 g/mol. The van der Waals surface area contributed by atoms with Crippen LogP contribution in [0, 0.1) is 6.92 Å². The maximum atomic E-state index is 10.9. The predicted molar refractivity (Wildman–Crippen MR) is 69.4 cm³/mol. The van der Waals surface area contributed by atoms with Gasteiger partial charge < -0.3 is 14.6 Å². The van der Waals surface area contributed by atoms with Gasteiger partial charge in [0.15, 0.2) is 0 Å². The lowest BCUT2D eigenvalue weighted by Gasteiger charge is -2.11. The first-order valence-electron chi connectivity index (χ1n) is 6.20. The molecule has 1 rings (SSSR count). The summed E-state index contributed by atoms with van der Waals surface area (Å²) in [5.74, 6) is -0.328. The van der Waals surface area contributed by atoms with E-state index in [4.69, 9.17) is 14.6 Å². The molecule has 0 radical (unpaired) electrons. The van der Waals surface area contributed by atoms with Crippen molar-refractivity contribution in [3.63, 3.8) is 0 Å². The molecule has 1 aromatic carbocycles. The highest BCUT2D eigenvalue weighted by molar-refractivity contribution is 5.90. The quantitative estimate of drug-likeness (QED) is 0.723. The monoisotopic (exact) mass is 252 g/mol. The molecule has 4 heteroatoms. The molecule has 4 nitrogen and oxygen atoms in total. The number of carboxylic acids is 1. The number of unbranched alkanes of at least 4 members (excludes halogenated alkanes) is 1. The fraction of sp³-hybridized carbons (Fsp3) is 0.500. The van der Waals surface area contributed by atoms with Crippen molar-refractivity contribution in [3.8, 4) is 5.75 Å². The van der Waals surface area contributed by atoms with Crippen LogP contribution < -0.4 is 4.74 Å². The van der Waals surface area contributed by atoms with Gasteiger partial charge >= 0.3 is 5.97 Å². The van der Waals surface area contributed by atoms with Crippen molar-refractivity contribution < 1.29 is 19.4 Å². The van der Waals surface area contributed by atoms with E-state index in [2.05, 4.69) is 6.92 Å². The highest BCUT2D eigenvalue weighted by atomic mass is 16.5. The van der Waals surface area contributed by atoms with Gasteiger partial charge in [-0.25, -0.2) is 4.79 Å². The van der Waals surface area contributed by atoms with Crippen LogP contribution in [0.25, 0.3) is 0 Å². The number of hydrogen-bond donors (Lipinski definition) is 1. The summed E-state index contributed by atoms with van der Waals surface area (Å²) < 4.78 is 10.9. The standard InChI is InChI=1S/C14H20O4/c1-3-4-8-17-9-10-18-13-7-5-6-12(11(13)2)14(15)16/h5-7H,3-4,8-10H2,1-2H3,(H,15,16). The van der Waals surface area contributed by atoms with Gasteiger partial charge in [0.1, 0.15) is 12.4 Å². The van der Waals surface area contributed by atoms with E-state index in [1.165, 1.54) is 0 Å². The Balaban J connectivity index is 2.43. The second-order valence-corrected chi connectivity index (χ2v) is 4.05. The minimum Gasteiger partial charge on any atom is -0.491 e. The van der Waals surface area contributed by atoms with Crippen molar-refractivity contribution in [3.05, 3.63) is 29.3 Å². The van der Waals surface area contributed by atoms with Gasteiger partial charge in [-0.2, -0.15) is 0 Å². The summed E-state index contributed by atoms with van der Waals surface area (Å²) in [5.41, 5.74) is 0.929. The van der Waals surface area contributed by atoms with E-state index < -0.39 is 5.97 Å². The van der Waals surface area contributed by atoms with Crippen LogP contribution in [0.15, 0.2) is 18.2 Å². The molecule has 0 spiro atoms. The van der Waals surface area contributed by atoms with Crippen molar-refractivity contribution in [2.75, 3.05) is 19.8 Å². The Labute approximate surface area is 108 Å². The van der Waals surface area contributed by atoms with E-state index in [-0.39, 0.29) is 5.56 Å². The molecule has 0 aliphatic carbocycles. The molecule has 0 aliphatic heterocycles. The van der Waals surface area contributed by atoms with E-state index in [1.807, 2.05) is 0 Å². The molecule has 0 aliphatic rings. The van der Waals surface area contributed by atoms with Gasteiger partial charge in [-0.15, -0.1) is 0 Å². The fourth-order valence-electron chi connectivity index (χ4n) is 1.56. The maximum Gasteiger partial charge on any atom is 0.336 e. The van der Waals surface area contributed by atoms with Crippen LogP contribution in [0.2, 0.25) is 0 Å². The van der Waals surface area contributed by atoms with Crippen molar-refractivity contribution in [1.29, 1.82) is 0 Å². The predicted octanol–water partition coefficient (Wildman–Crippen LogP) is 2.89. The first-order valence-corrected chi connectivity index (χ1v) is 6.20. The molecule has 100 valence electrons. The number of carbonyl (C=O) groups is 1. The topological polar surface area (TPSA) is 55.8 Å². The molecule has 1 aromatic rings. The van der Waals surface area contributed by atoms with E-state index in [0.717, 1.165) is 19.4 Å². The van der Waals surface area contributed by atoms with Gasteiger partial charge in [0, 0.05) is 12.2 Å². The summed E-state index contributed by atoms with van der Waals surface area (Å²) in [5, 5.41) is 8.98. The summed E-state index contributed by atoms with van der Waals surface area (Å²) in [6.45, 7) is 5.57. The molecule has 0 unspecified atom stereocenters. The van der Waals surface area contributed by atoms with Crippen LogP contribution in [0.5, 0.6) is 5.75 Å². The largest absolute Gasteiger partial charge is 0.491 e. The van der Waals surface area contributed by atoms with Gasteiger partial charge in [-0.1, -0.05) is 19.4 Å². The Morgan fingerprint density at radius 1 is 1.28 bits per heavy atom. The Kier molecular flexibility index (Phi) is 6.22. The summed E-state index contributed by atoms with van der Waals surface area (Å²) >= 11 is 0. The Morgan fingerprint density at radius 2 is 2.06 bits per heavy atom. The van der Waals surface area contributed by atoms with Crippen LogP contribution in [-0.2, 0) is 4.74 Å². The summed E-state index contributed by atoms with van der Waals surface area (Å²) in [7, 11) is 0. The van der Waals surface area contributed by atoms with Crippen LogP contribution in [0.3, 0.4) is 0 Å². The third-order valence-corrected chi connectivity index (χ3v) is 2.64. The number of rotatable bonds is 8. The highest BCUT2D eigenvalue weighted by Gasteiger charge is 2.10. The third kappa shape index (κ3) is 4.37. The van der Waals surface area contributed by atoms with Crippen LogP contribution in [0.4, 0.5) is 0 Å². The van der Waals surface area contributed by atoms with Gasteiger partial charge in [0.05, 0.1) is 12.2 Å². The lowest BCUT2D eigenvalue weighted by Crippen LogP contribution is -2.09. The lowest BCUT2D eigenvalue weighted by molar-refractivity contribution is 0.0695. The second-order valence-electron chi connectivity index (χ2n) is 4.05.